The van der Waals surface area contributed by atoms with Gasteiger partial charge in [-0.15, -0.1) is 0 Å². The van der Waals surface area contributed by atoms with Crippen molar-refractivity contribution in [1.82, 2.24) is 9.88 Å². The summed E-state index contributed by atoms with van der Waals surface area (Å²) in [6, 6.07) is 10.8. The number of ether oxygens (including phenoxy) is 2. The van der Waals surface area contributed by atoms with E-state index >= 15 is 0 Å². The highest BCUT2D eigenvalue weighted by atomic mass is 16.5. The smallest absolute Gasteiger partial charge is 0.260 e. The fourth-order valence-corrected chi connectivity index (χ4v) is 2.95. The maximum atomic E-state index is 12.4. The largest absolute Gasteiger partial charge is 0.487 e. The summed E-state index contributed by atoms with van der Waals surface area (Å²) in [5.74, 6) is 1.37. The monoisotopic (exact) mass is 356 g/mol. The van der Waals surface area contributed by atoms with Crippen LogP contribution < -0.4 is 9.47 Å². The fraction of sp³-hybridized carbons (Fsp3) is 0.400. The Labute approximate surface area is 153 Å². The van der Waals surface area contributed by atoms with Crippen molar-refractivity contribution < 1.29 is 19.4 Å². The normalized spacial score (nSPS) is 16.5. The van der Waals surface area contributed by atoms with Crippen molar-refractivity contribution >= 4 is 5.91 Å². The number of likely N-dealkylation sites (tertiary alicyclic amines) is 1. The summed E-state index contributed by atoms with van der Waals surface area (Å²) in [7, 11) is 0. The first kappa shape index (κ1) is 18.2. The van der Waals surface area contributed by atoms with Crippen LogP contribution >= 0.6 is 0 Å². The van der Waals surface area contributed by atoms with Crippen molar-refractivity contribution in [2.24, 2.45) is 0 Å². The van der Waals surface area contributed by atoms with Crippen LogP contribution in [0.4, 0.5) is 0 Å². The fourth-order valence-electron chi connectivity index (χ4n) is 2.95. The third-order valence-electron chi connectivity index (χ3n) is 4.44. The molecule has 6 nitrogen and oxygen atoms in total. The number of aromatic nitrogens is 1. The third-order valence-corrected chi connectivity index (χ3v) is 4.44. The van der Waals surface area contributed by atoms with Crippen LogP contribution in [0.1, 0.15) is 24.6 Å². The number of pyridine rings is 1. The Balaban J connectivity index is 1.49. The molecule has 138 valence electrons. The number of rotatable bonds is 7. The Kier molecular flexibility index (Phi) is 6.07. The van der Waals surface area contributed by atoms with E-state index in [0.29, 0.717) is 18.8 Å². The number of benzene rings is 1. The van der Waals surface area contributed by atoms with E-state index in [1.54, 1.807) is 35.4 Å². The number of aliphatic hydroxyl groups is 1. The molecule has 1 unspecified atom stereocenters. The molecule has 0 spiro atoms. The predicted octanol–water partition coefficient (Wildman–Crippen LogP) is 2.20. The number of amides is 1. The number of nitrogens with zero attached hydrogens (tertiary/aromatic N) is 2. The van der Waals surface area contributed by atoms with Crippen molar-refractivity contribution in [3.05, 3.63) is 53.9 Å². The van der Waals surface area contributed by atoms with Gasteiger partial charge < -0.3 is 19.5 Å². The molecule has 0 radical (unpaired) electrons. The molecule has 6 heteroatoms. The maximum Gasteiger partial charge on any atom is 0.260 e. The van der Waals surface area contributed by atoms with Gasteiger partial charge in [0.25, 0.3) is 5.91 Å². The lowest BCUT2D eigenvalue weighted by Gasteiger charge is -2.18. The van der Waals surface area contributed by atoms with Crippen LogP contribution in [0.25, 0.3) is 0 Å². The highest BCUT2D eigenvalue weighted by molar-refractivity contribution is 5.78. The molecule has 0 aliphatic carbocycles. The molecule has 3 rings (SSSR count). The van der Waals surface area contributed by atoms with Crippen molar-refractivity contribution in [3.8, 4) is 11.5 Å². The number of carbonyl (C=O) groups is 1. The quantitative estimate of drug-likeness (QED) is 0.823. The van der Waals surface area contributed by atoms with Gasteiger partial charge in [0.1, 0.15) is 17.6 Å². The summed E-state index contributed by atoms with van der Waals surface area (Å²) in [5.41, 5.74) is 1.75. The number of aliphatic hydroxyl groups excluding tert-OH is 1. The maximum absolute atomic E-state index is 12.4. The Hall–Kier alpha value is -2.60. The van der Waals surface area contributed by atoms with Crippen LogP contribution in [0.2, 0.25) is 0 Å². The van der Waals surface area contributed by atoms with Gasteiger partial charge in [-0.2, -0.15) is 0 Å². The molecule has 1 amide bonds. The first-order valence-corrected chi connectivity index (χ1v) is 8.90. The number of hydrogen-bond donors (Lipinski definition) is 1. The SMILES string of the molecule is CCc1ncccc1OC1CCN(C(=O)COc2ccc(CO)cc2)C1. The van der Waals surface area contributed by atoms with Crippen LogP contribution in [0, 0.1) is 0 Å². The molecule has 0 bridgehead atoms. The average Bonchev–Trinajstić information content (AvgIpc) is 3.15. The van der Waals surface area contributed by atoms with Gasteiger partial charge in [-0.05, 0) is 36.2 Å². The molecule has 1 saturated heterocycles. The zero-order chi connectivity index (χ0) is 18.4. The van der Waals surface area contributed by atoms with Crippen molar-refractivity contribution in [2.45, 2.75) is 32.5 Å². The van der Waals surface area contributed by atoms with Gasteiger partial charge in [0.15, 0.2) is 6.61 Å². The summed E-state index contributed by atoms with van der Waals surface area (Å²) >= 11 is 0. The molecule has 2 heterocycles. The van der Waals surface area contributed by atoms with E-state index in [4.69, 9.17) is 14.6 Å². The molecule has 0 saturated carbocycles. The van der Waals surface area contributed by atoms with E-state index in [2.05, 4.69) is 4.98 Å². The molecular weight excluding hydrogens is 332 g/mol. The Morgan fingerprint density at radius 2 is 2.12 bits per heavy atom. The van der Waals surface area contributed by atoms with Crippen LogP contribution in [-0.2, 0) is 17.8 Å². The molecule has 26 heavy (non-hydrogen) atoms. The topological polar surface area (TPSA) is 71.9 Å². The van der Waals surface area contributed by atoms with Crippen LogP contribution in [0.3, 0.4) is 0 Å². The molecule has 1 aliphatic heterocycles. The number of carbonyl (C=O) groups excluding carboxylic acids is 1. The Morgan fingerprint density at radius 3 is 2.85 bits per heavy atom. The second-order valence-corrected chi connectivity index (χ2v) is 6.26. The van der Waals surface area contributed by atoms with E-state index in [1.165, 1.54) is 0 Å². The van der Waals surface area contributed by atoms with Crippen LogP contribution in [0.15, 0.2) is 42.6 Å². The first-order valence-electron chi connectivity index (χ1n) is 8.90. The summed E-state index contributed by atoms with van der Waals surface area (Å²) in [6.07, 6.45) is 3.36. The molecular formula is C20H24N2O4. The molecule has 2 aromatic rings. The van der Waals surface area contributed by atoms with Crippen molar-refractivity contribution in [3.63, 3.8) is 0 Å². The molecule has 1 aromatic carbocycles. The summed E-state index contributed by atoms with van der Waals surface area (Å²) in [4.78, 5) is 18.5. The van der Waals surface area contributed by atoms with E-state index in [0.717, 1.165) is 29.8 Å². The first-order chi connectivity index (χ1) is 12.7. The second-order valence-electron chi connectivity index (χ2n) is 6.26. The standard InChI is InChI=1S/C20H24N2O4/c1-2-18-19(4-3-10-21-18)26-17-9-11-22(12-17)20(24)14-25-16-7-5-15(13-23)6-8-16/h3-8,10,17,23H,2,9,11-14H2,1H3. The zero-order valence-corrected chi connectivity index (χ0v) is 14.9. The van der Waals surface area contributed by atoms with Gasteiger partial charge in [0.05, 0.1) is 18.8 Å². The van der Waals surface area contributed by atoms with Crippen LogP contribution in [0.5, 0.6) is 11.5 Å². The molecule has 1 N–H and O–H groups in total. The summed E-state index contributed by atoms with van der Waals surface area (Å²) in [6.45, 7) is 3.26. The summed E-state index contributed by atoms with van der Waals surface area (Å²) < 4.78 is 11.6. The van der Waals surface area contributed by atoms with Gasteiger partial charge >= 0.3 is 0 Å². The lowest BCUT2D eigenvalue weighted by molar-refractivity contribution is -0.132. The molecule has 1 atom stereocenters. The predicted molar refractivity (Wildman–Crippen MR) is 97.1 cm³/mol. The highest BCUT2D eigenvalue weighted by Gasteiger charge is 2.28. The van der Waals surface area contributed by atoms with Gasteiger partial charge in [-0.1, -0.05) is 19.1 Å². The van der Waals surface area contributed by atoms with E-state index < -0.39 is 0 Å². The average molecular weight is 356 g/mol. The second kappa shape index (κ2) is 8.67. The van der Waals surface area contributed by atoms with Gasteiger partial charge in [-0.3, -0.25) is 9.78 Å². The Morgan fingerprint density at radius 1 is 1.31 bits per heavy atom. The number of aryl methyl sites for hydroxylation is 1. The minimum absolute atomic E-state index is 0.00169. The zero-order valence-electron chi connectivity index (χ0n) is 14.9. The van der Waals surface area contributed by atoms with E-state index in [9.17, 15) is 4.79 Å². The van der Waals surface area contributed by atoms with Gasteiger partial charge in [0.2, 0.25) is 0 Å². The molecule has 1 aromatic heterocycles. The highest BCUT2D eigenvalue weighted by Crippen LogP contribution is 2.22. The Bertz CT molecular complexity index is 733. The molecule has 1 fully saturated rings. The van der Waals surface area contributed by atoms with Crippen LogP contribution in [-0.4, -0.2) is 46.7 Å². The van der Waals surface area contributed by atoms with Gasteiger partial charge in [0, 0.05) is 19.2 Å². The van der Waals surface area contributed by atoms with Crippen molar-refractivity contribution in [1.29, 1.82) is 0 Å². The third kappa shape index (κ3) is 4.52. The van der Waals surface area contributed by atoms with E-state index in [1.807, 2.05) is 19.1 Å². The summed E-state index contributed by atoms with van der Waals surface area (Å²) in [5, 5.41) is 9.04. The minimum Gasteiger partial charge on any atom is -0.487 e. The van der Waals surface area contributed by atoms with E-state index in [-0.39, 0.29) is 25.2 Å². The number of hydrogen-bond acceptors (Lipinski definition) is 5. The lowest BCUT2D eigenvalue weighted by Crippen LogP contribution is -2.34. The minimum atomic E-state index is -0.0516. The molecule has 1 aliphatic rings. The van der Waals surface area contributed by atoms with Crippen molar-refractivity contribution in [2.75, 3.05) is 19.7 Å². The van der Waals surface area contributed by atoms with Gasteiger partial charge in [-0.25, -0.2) is 0 Å². The lowest BCUT2D eigenvalue weighted by atomic mass is 10.2.